The monoisotopic (exact) mass is 436 g/mol. The number of rotatable bonds is 8. The fraction of sp³-hybridized carbons (Fsp3) is 0.304. The Morgan fingerprint density at radius 3 is 2.42 bits per heavy atom. The molecule has 8 heteroatoms. The lowest BCUT2D eigenvalue weighted by Gasteiger charge is -2.15. The Morgan fingerprint density at radius 2 is 1.71 bits per heavy atom. The summed E-state index contributed by atoms with van der Waals surface area (Å²) in [6.45, 7) is 7.13. The van der Waals surface area contributed by atoms with Gasteiger partial charge in [-0.3, -0.25) is 0 Å². The highest BCUT2D eigenvalue weighted by Crippen LogP contribution is 2.37. The topological polar surface area (TPSA) is 74.7 Å². The zero-order chi connectivity index (χ0) is 21.8. The molecule has 0 aliphatic rings. The molecule has 0 amide bonds. The molecular formula is C23H24N4O3S. The van der Waals surface area contributed by atoms with E-state index in [2.05, 4.69) is 22.0 Å². The van der Waals surface area contributed by atoms with E-state index in [1.807, 2.05) is 56.3 Å². The summed E-state index contributed by atoms with van der Waals surface area (Å²) in [6, 6.07) is 13.6. The van der Waals surface area contributed by atoms with E-state index in [0.29, 0.717) is 30.7 Å². The van der Waals surface area contributed by atoms with E-state index >= 15 is 0 Å². The Hall–Kier alpha value is -3.26. The quantitative estimate of drug-likeness (QED) is 0.336. The van der Waals surface area contributed by atoms with Crippen LogP contribution in [-0.2, 0) is 6.42 Å². The molecule has 0 spiro atoms. The molecule has 2 heterocycles. The molecule has 0 fully saturated rings. The number of aromatic nitrogens is 4. The van der Waals surface area contributed by atoms with Gasteiger partial charge in [-0.25, -0.2) is 0 Å². The highest BCUT2D eigenvalue weighted by Gasteiger charge is 2.20. The van der Waals surface area contributed by atoms with Gasteiger partial charge in [-0.05, 0) is 44.1 Å². The average molecular weight is 437 g/mol. The molecule has 31 heavy (non-hydrogen) atoms. The van der Waals surface area contributed by atoms with Crippen LogP contribution in [0, 0.1) is 4.77 Å². The molecule has 0 atom stereocenters. The van der Waals surface area contributed by atoms with Crippen molar-refractivity contribution in [3.8, 4) is 34.3 Å². The van der Waals surface area contributed by atoms with Crippen molar-refractivity contribution < 1.29 is 13.9 Å². The van der Waals surface area contributed by atoms with E-state index in [1.54, 1.807) is 4.52 Å². The normalized spacial score (nSPS) is 11.1. The summed E-state index contributed by atoms with van der Waals surface area (Å²) in [5.41, 5.74) is 2.69. The maximum atomic E-state index is 6.03. The second kappa shape index (κ2) is 9.26. The second-order valence-electron chi connectivity index (χ2n) is 6.87. The van der Waals surface area contributed by atoms with Gasteiger partial charge in [0.1, 0.15) is 11.5 Å². The molecule has 4 aromatic rings. The predicted octanol–water partition coefficient (Wildman–Crippen LogP) is 5.53. The fourth-order valence-electron chi connectivity index (χ4n) is 3.42. The van der Waals surface area contributed by atoms with Crippen LogP contribution in [0.3, 0.4) is 0 Å². The minimum atomic E-state index is 0.199. The Labute approximate surface area is 185 Å². The van der Waals surface area contributed by atoms with Gasteiger partial charge in [-0.1, -0.05) is 43.7 Å². The highest BCUT2D eigenvalue weighted by molar-refractivity contribution is 7.71. The first-order valence-corrected chi connectivity index (χ1v) is 10.8. The van der Waals surface area contributed by atoms with Gasteiger partial charge in [-0.2, -0.15) is 14.5 Å². The van der Waals surface area contributed by atoms with E-state index in [9.17, 15) is 0 Å². The molecule has 0 aliphatic carbocycles. The van der Waals surface area contributed by atoms with E-state index < -0.39 is 0 Å². The van der Waals surface area contributed by atoms with Crippen molar-refractivity contribution in [1.29, 1.82) is 0 Å². The predicted molar refractivity (Wildman–Crippen MR) is 121 cm³/mol. The third-order valence-corrected chi connectivity index (χ3v) is 4.88. The first-order chi connectivity index (χ1) is 15.1. The number of hydrogen-bond donors (Lipinski definition) is 0. The van der Waals surface area contributed by atoms with Gasteiger partial charge in [0.05, 0.1) is 18.8 Å². The summed E-state index contributed by atoms with van der Waals surface area (Å²) in [7, 11) is 0. The summed E-state index contributed by atoms with van der Waals surface area (Å²) >= 11 is 5.26. The van der Waals surface area contributed by atoms with Gasteiger partial charge < -0.3 is 13.9 Å². The SMILES string of the molecule is CCCc1cc(-c2nn3c(-c4ccccc4)nc(=S)nc3o2)c(OCC)cc1OCC. The van der Waals surface area contributed by atoms with Crippen molar-refractivity contribution >= 4 is 18.1 Å². The molecule has 0 bridgehead atoms. The lowest BCUT2D eigenvalue weighted by molar-refractivity contribution is 0.321. The molecule has 2 aromatic carbocycles. The third-order valence-electron chi connectivity index (χ3n) is 4.70. The zero-order valence-electron chi connectivity index (χ0n) is 17.8. The van der Waals surface area contributed by atoms with Crippen LogP contribution in [0.1, 0.15) is 32.8 Å². The molecule has 2 aromatic heterocycles. The molecular weight excluding hydrogens is 412 g/mol. The maximum Gasteiger partial charge on any atom is 0.329 e. The lowest BCUT2D eigenvalue weighted by atomic mass is 10.0. The standard InChI is InChI=1S/C23H24N4O3S/c1-4-10-16-13-17(19(29-6-3)14-18(16)28-5-2)21-26-27-20(15-11-8-7-9-12-15)24-22(31)25-23(27)30-21/h7-9,11-14H,4-6,10H2,1-3H3. The summed E-state index contributed by atoms with van der Waals surface area (Å²) in [4.78, 5) is 8.68. The Balaban J connectivity index is 1.92. The van der Waals surface area contributed by atoms with Crippen molar-refractivity contribution in [3.63, 3.8) is 0 Å². The summed E-state index contributed by atoms with van der Waals surface area (Å²) in [5.74, 6) is 2.70. The molecule has 0 aliphatic heterocycles. The van der Waals surface area contributed by atoms with Crippen molar-refractivity contribution in [2.24, 2.45) is 0 Å². The van der Waals surface area contributed by atoms with Crippen molar-refractivity contribution in [2.75, 3.05) is 13.2 Å². The molecule has 0 N–H and O–H groups in total. The number of ether oxygens (including phenoxy) is 2. The first-order valence-electron chi connectivity index (χ1n) is 10.4. The van der Waals surface area contributed by atoms with Gasteiger partial charge in [0.15, 0.2) is 5.82 Å². The summed E-state index contributed by atoms with van der Waals surface area (Å²) in [5, 5.41) is 4.68. The van der Waals surface area contributed by atoms with Crippen molar-refractivity contribution in [2.45, 2.75) is 33.6 Å². The van der Waals surface area contributed by atoms with Crippen LogP contribution in [0.4, 0.5) is 0 Å². The van der Waals surface area contributed by atoms with Gasteiger partial charge >= 0.3 is 5.84 Å². The molecule has 7 nitrogen and oxygen atoms in total. The van der Waals surface area contributed by atoms with E-state index in [4.69, 9.17) is 26.1 Å². The smallest absolute Gasteiger partial charge is 0.329 e. The van der Waals surface area contributed by atoms with Crippen LogP contribution >= 0.6 is 12.2 Å². The van der Waals surface area contributed by atoms with Gasteiger partial charge in [-0.15, -0.1) is 5.10 Å². The maximum absolute atomic E-state index is 6.03. The average Bonchev–Trinajstić information content (AvgIpc) is 3.19. The highest BCUT2D eigenvalue weighted by atomic mass is 32.1. The van der Waals surface area contributed by atoms with Crippen LogP contribution < -0.4 is 9.47 Å². The van der Waals surface area contributed by atoms with Crippen LogP contribution in [0.15, 0.2) is 46.9 Å². The Bertz CT molecular complexity index is 1250. The van der Waals surface area contributed by atoms with Crippen LogP contribution in [0.5, 0.6) is 11.5 Å². The molecule has 0 radical (unpaired) electrons. The number of nitrogens with zero attached hydrogens (tertiary/aromatic N) is 4. The van der Waals surface area contributed by atoms with Crippen LogP contribution in [-0.4, -0.2) is 32.8 Å². The van der Waals surface area contributed by atoms with Crippen molar-refractivity contribution in [1.82, 2.24) is 19.6 Å². The fourth-order valence-corrected chi connectivity index (χ4v) is 3.59. The molecule has 0 saturated heterocycles. The number of fused-ring (bicyclic) bond motifs is 1. The van der Waals surface area contributed by atoms with Gasteiger partial charge in [0.25, 0.3) is 5.89 Å². The third kappa shape index (κ3) is 4.29. The second-order valence-corrected chi connectivity index (χ2v) is 7.23. The summed E-state index contributed by atoms with van der Waals surface area (Å²) in [6.07, 6.45) is 1.85. The Morgan fingerprint density at radius 1 is 0.968 bits per heavy atom. The van der Waals surface area contributed by atoms with Crippen molar-refractivity contribution in [3.05, 3.63) is 52.8 Å². The minimum absolute atomic E-state index is 0.199. The molecule has 4 rings (SSSR count). The molecule has 0 saturated carbocycles. The zero-order valence-corrected chi connectivity index (χ0v) is 18.6. The minimum Gasteiger partial charge on any atom is -0.493 e. The van der Waals surface area contributed by atoms with E-state index in [-0.39, 0.29) is 10.6 Å². The van der Waals surface area contributed by atoms with E-state index in [0.717, 1.165) is 35.3 Å². The van der Waals surface area contributed by atoms with Crippen LogP contribution in [0.2, 0.25) is 0 Å². The van der Waals surface area contributed by atoms with Gasteiger partial charge in [0, 0.05) is 11.6 Å². The Kier molecular flexibility index (Phi) is 6.27. The van der Waals surface area contributed by atoms with Gasteiger partial charge in [0.2, 0.25) is 4.77 Å². The number of hydrogen-bond acceptors (Lipinski definition) is 7. The lowest BCUT2D eigenvalue weighted by Crippen LogP contribution is -2.02. The number of aryl methyl sites for hydroxylation is 1. The van der Waals surface area contributed by atoms with E-state index in [1.165, 1.54) is 0 Å². The summed E-state index contributed by atoms with van der Waals surface area (Å²) < 4.78 is 19.6. The largest absolute Gasteiger partial charge is 0.493 e. The number of benzene rings is 2. The van der Waals surface area contributed by atoms with Crippen LogP contribution in [0.25, 0.3) is 28.7 Å². The molecule has 0 unspecified atom stereocenters. The molecule has 160 valence electrons. The first kappa shape index (κ1) is 21.0.